The van der Waals surface area contributed by atoms with E-state index in [0.717, 1.165) is 25.3 Å². The first-order chi connectivity index (χ1) is 7.16. The average molecular weight is 206 g/mol. The lowest BCUT2D eigenvalue weighted by Crippen LogP contribution is -2.42. The molecule has 1 aromatic heterocycles. The molecule has 2 unspecified atom stereocenters. The first kappa shape index (κ1) is 10.4. The summed E-state index contributed by atoms with van der Waals surface area (Å²) in [6.45, 7) is 5.93. The van der Waals surface area contributed by atoms with E-state index < -0.39 is 0 Å². The molecule has 1 aliphatic rings. The summed E-state index contributed by atoms with van der Waals surface area (Å²) in [6.07, 6.45) is 2.59. The van der Waals surface area contributed by atoms with Gasteiger partial charge in [0.05, 0.1) is 6.10 Å². The summed E-state index contributed by atoms with van der Waals surface area (Å²) in [7, 11) is 0. The predicted molar refractivity (Wildman–Crippen MR) is 61.0 cm³/mol. The van der Waals surface area contributed by atoms with Crippen molar-refractivity contribution in [2.45, 2.75) is 26.4 Å². The predicted octanol–water partition coefficient (Wildman–Crippen LogP) is 1.60. The van der Waals surface area contributed by atoms with Crippen LogP contribution < -0.4 is 4.90 Å². The Balaban J connectivity index is 2.08. The van der Waals surface area contributed by atoms with Gasteiger partial charge in [-0.3, -0.25) is 0 Å². The van der Waals surface area contributed by atoms with Crippen molar-refractivity contribution in [2.24, 2.45) is 5.92 Å². The summed E-state index contributed by atoms with van der Waals surface area (Å²) < 4.78 is 0. The van der Waals surface area contributed by atoms with E-state index in [0.29, 0.717) is 5.92 Å². The van der Waals surface area contributed by atoms with Crippen LogP contribution in [0.3, 0.4) is 0 Å². The number of piperidine rings is 1. The van der Waals surface area contributed by atoms with E-state index in [2.05, 4.69) is 28.9 Å². The number of aliphatic hydroxyl groups is 1. The summed E-state index contributed by atoms with van der Waals surface area (Å²) in [4.78, 5) is 6.65. The van der Waals surface area contributed by atoms with Crippen molar-refractivity contribution in [3.05, 3.63) is 23.9 Å². The fourth-order valence-electron chi connectivity index (χ4n) is 1.99. The maximum Gasteiger partial charge on any atom is 0.128 e. The molecule has 1 aliphatic heterocycles. The minimum Gasteiger partial charge on any atom is -0.393 e. The standard InChI is InChI=1S/C12H18N2O/c1-9-3-4-12(13-7-9)14-6-5-11(15)10(2)8-14/h3-4,7,10-11,15H,5-6,8H2,1-2H3. The van der Waals surface area contributed by atoms with E-state index in [9.17, 15) is 5.11 Å². The minimum atomic E-state index is -0.147. The van der Waals surface area contributed by atoms with Crippen LogP contribution in [-0.4, -0.2) is 29.3 Å². The van der Waals surface area contributed by atoms with E-state index in [-0.39, 0.29) is 6.10 Å². The number of anilines is 1. The average Bonchev–Trinajstić information content (AvgIpc) is 2.23. The molecule has 3 heteroatoms. The molecule has 82 valence electrons. The largest absolute Gasteiger partial charge is 0.393 e. The Labute approximate surface area is 90.8 Å². The molecule has 0 amide bonds. The highest BCUT2D eigenvalue weighted by atomic mass is 16.3. The van der Waals surface area contributed by atoms with Crippen molar-refractivity contribution in [2.75, 3.05) is 18.0 Å². The number of hydrogen-bond donors (Lipinski definition) is 1. The third kappa shape index (κ3) is 2.29. The number of rotatable bonds is 1. The number of aryl methyl sites for hydroxylation is 1. The Hall–Kier alpha value is -1.09. The number of pyridine rings is 1. The first-order valence-corrected chi connectivity index (χ1v) is 5.52. The van der Waals surface area contributed by atoms with Crippen LogP contribution in [0.2, 0.25) is 0 Å². The summed E-state index contributed by atoms with van der Waals surface area (Å²) in [5.74, 6) is 1.36. The van der Waals surface area contributed by atoms with Gasteiger partial charge in [0.15, 0.2) is 0 Å². The molecule has 15 heavy (non-hydrogen) atoms. The van der Waals surface area contributed by atoms with Crippen LogP contribution in [0.25, 0.3) is 0 Å². The number of aromatic nitrogens is 1. The zero-order valence-corrected chi connectivity index (χ0v) is 9.35. The molecule has 2 atom stereocenters. The Morgan fingerprint density at radius 2 is 2.27 bits per heavy atom. The van der Waals surface area contributed by atoms with E-state index in [1.54, 1.807) is 0 Å². The first-order valence-electron chi connectivity index (χ1n) is 5.52. The summed E-state index contributed by atoms with van der Waals surface area (Å²) in [5.41, 5.74) is 1.18. The molecule has 2 rings (SSSR count). The molecule has 2 heterocycles. The van der Waals surface area contributed by atoms with Crippen LogP contribution >= 0.6 is 0 Å². The van der Waals surface area contributed by atoms with Gasteiger partial charge in [-0.05, 0) is 30.9 Å². The van der Waals surface area contributed by atoms with Crippen molar-refractivity contribution in [1.29, 1.82) is 0 Å². The van der Waals surface area contributed by atoms with Gasteiger partial charge >= 0.3 is 0 Å². The molecular weight excluding hydrogens is 188 g/mol. The van der Waals surface area contributed by atoms with Crippen molar-refractivity contribution >= 4 is 5.82 Å². The number of aliphatic hydroxyl groups excluding tert-OH is 1. The quantitative estimate of drug-likeness (QED) is 0.758. The molecule has 1 aromatic rings. The van der Waals surface area contributed by atoms with Gasteiger partial charge in [0.25, 0.3) is 0 Å². The lowest BCUT2D eigenvalue weighted by molar-refractivity contribution is 0.0969. The lowest BCUT2D eigenvalue weighted by atomic mass is 9.97. The van der Waals surface area contributed by atoms with Crippen LogP contribution in [0.4, 0.5) is 5.82 Å². The lowest BCUT2D eigenvalue weighted by Gasteiger charge is -2.35. The second-order valence-electron chi connectivity index (χ2n) is 4.47. The second kappa shape index (κ2) is 4.19. The monoisotopic (exact) mass is 206 g/mol. The van der Waals surface area contributed by atoms with Crippen LogP contribution in [-0.2, 0) is 0 Å². The van der Waals surface area contributed by atoms with Gasteiger partial charge in [-0.2, -0.15) is 0 Å². The highest BCUT2D eigenvalue weighted by Crippen LogP contribution is 2.21. The molecule has 0 saturated carbocycles. The third-order valence-corrected chi connectivity index (χ3v) is 3.08. The summed E-state index contributed by atoms with van der Waals surface area (Å²) in [5, 5.41) is 9.64. The molecule has 0 radical (unpaired) electrons. The van der Waals surface area contributed by atoms with E-state index in [1.165, 1.54) is 5.56 Å². The highest BCUT2D eigenvalue weighted by molar-refractivity contribution is 5.39. The highest BCUT2D eigenvalue weighted by Gasteiger charge is 2.24. The van der Waals surface area contributed by atoms with Crippen molar-refractivity contribution in [1.82, 2.24) is 4.98 Å². The second-order valence-corrected chi connectivity index (χ2v) is 4.47. The minimum absolute atomic E-state index is 0.147. The van der Waals surface area contributed by atoms with Crippen LogP contribution in [0.5, 0.6) is 0 Å². The Bertz CT molecular complexity index is 323. The molecule has 0 spiro atoms. The number of hydrogen-bond acceptors (Lipinski definition) is 3. The smallest absolute Gasteiger partial charge is 0.128 e. The molecule has 1 saturated heterocycles. The summed E-state index contributed by atoms with van der Waals surface area (Å²) in [6, 6.07) is 4.14. The fraction of sp³-hybridized carbons (Fsp3) is 0.583. The third-order valence-electron chi connectivity index (χ3n) is 3.08. The molecule has 1 N–H and O–H groups in total. The van der Waals surface area contributed by atoms with Gasteiger partial charge < -0.3 is 10.0 Å². The van der Waals surface area contributed by atoms with Gasteiger partial charge in [-0.15, -0.1) is 0 Å². The Kier molecular flexibility index (Phi) is 2.91. The zero-order valence-electron chi connectivity index (χ0n) is 9.35. The van der Waals surface area contributed by atoms with Gasteiger partial charge in [0, 0.05) is 19.3 Å². The molecular formula is C12H18N2O. The normalized spacial score (nSPS) is 26.7. The van der Waals surface area contributed by atoms with Gasteiger partial charge in [-0.1, -0.05) is 13.0 Å². The van der Waals surface area contributed by atoms with Gasteiger partial charge in [-0.25, -0.2) is 4.98 Å². The Morgan fingerprint density at radius 3 is 2.87 bits per heavy atom. The SMILES string of the molecule is Cc1ccc(N2CCC(O)C(C)C2)nc1. The van der Waals surface area contributed by atoms with Crippen molar-refractivity contribution < 1.29 is 5.11 Å². The maximum atomic E-state index is 9.64. The van der Waals surface area contributed by atoms with Crippen molar-refractivity contribution in [3.63, 3.8) is 0 Å². The maximum absolute atomic E-state index is 9.64. The van der Waals surface area contributed by atoms with E-state index >= 15 is 0 Å². The van der Waals surface area contributed by atoms with E-state index in [1.807, 2.05) is 13.1 Å². The summed E-state index contributed by atoms with van der Waals surface area (Å²) >= 11 is 0. The molecule has 0 aliphatic carbocycles. The molecule has 3 nitrogen and oxygen atoms in total. The molecule has 1 fully saturated rings. The number of nitrogens with zero attached hydrogens (tertiary/aromatic N) is 2. The van der Waals surface area contributed by atoms with Crippen LogP contribution in [0.1, 0.15) is 18.9 Å². The van der Waals surface area contributed by atoms with Gasteiger partial charge in [0.1, 0.15) is 5.82 Å². The van der Waals surface area contributed by atoms with Crippen LogP contribution in [0.15, 0.2) is 18.3 Å². The van der Waals surface area contributed by atoms with Crippen LogP contribution in [0, 0.1) is 12.8 Å². The Morgan fingerprint density at radius 1 is 1.47 bits per heavy atom. The molecule has 0 bridgehead atoms. The zero-order chi connectivity index (χ0) is 10.8. The topological polar surface area (TPSA) is 36.4 Å². The van der Waals surface area contributed by atoms with Gasteiger partial charge in [0.2, 0.25) is 0 Å². The van der Waals surface area contributed by atoms with Crippen molar-refractivity contribution in [3.8, 4) is 0 Å². The molecule has 0 aromatic carbocycles. The fourth-order valence-corrected chi connectivity index (χ4v) is 1.99. The van der Waals surface area contributed by atoms with E-state index in [4.69, 9.17) is 0 Å².